The van der Waals surface area contributed by atoms with Crippen LogP contribution in [0.1, 0.15) is 19.4 Å². The van der Waals surface area contributed by atoms with E-state index in [0.29, 0.717) is 24.4 Å². The van der Waals surface area contributed by atoms with Gasteiger partial charge in [0.2, 0.25) is 0 Å². The molecule has 1 fully saturated rings. The SMILES string of the molecule is COc1ccc([N+](=O)[O-])cc1CN1CC(C)NC(C)C1.Cl. The highest BCUT2D eigenvalue weighted by molar-refractivity contribution is 5.85. The van der Waals surface area contributed by atoms with E-state index in [0.717, 1.165) is 18.7 Å². The summed E-state index contributed by atoms with van der Waals surface area (Å²) >= 11 is 0. The number of rotatable bonds is 4. The Morgan fingerprint density at radius 2 is 2.00 bits per heavy atom. The van der Waals surface area contributed by atoms with Crippen LogP contribution in [0.3, 0.4) is 0 Å². The topological polar surface area (TPSA) is 67.6 Å². The smallest absolute Gasteiger partial charge is 0.270 e. The van der Waals surface area contributed by atoms with Gasteiger partial charge in [-0.25, -0.2) is 0 Å². The van der Waals surface area contributed by atoms with Crippen molar-refractivity contribution in [3.63, 3.8) is 0 Å². The zero-order valence-electron chi connectivity index (χ0n) is 12.5. The lowest BCUT2D eigenvalue weighted by atomic mass is 10.1. The van der Waals surface area contributed by atoms with E-state index < -0.39 is 0 Å². The maximum absolute atomic E-state index is 10.9. The van der Waals surface area contributed by atoms with Gasteiger partial charge in [-0.15, -0.1) is 12.4 Å². The number of hydrogen-bond acceptors (Lipinski definition) is 5. The van der Waals surface area contributed by atoms with Crippen molar-refractivity contribution in [3.05, 3.63) is 33.9 Å². The van der Waals surface area contributed by atoms with E-state index in [-0.39, 0.29) is 23.0 Å². The summed E-state index contributed by atoms with van der Waals surface area (Å²) in [5.74, 6) is 0.703. The molecule has 0 aromatic heterocycles. The van der Waals surface area contributed by atoms with E-state index in [4.69, 9.17) is 4.74 Å². The number of hydrogen-bond donors (Lipinski definition) is 1. The van der Waals surface area contributed by atoms with Crippen LogP contribution in [0.4, 0.5) is 5.69 Å². The van der Waals surface area contributed by atoms with Gasteiger partial charge in [-0.2, -0.15) is 0 Å². The molecule has 7 heteroatoms. The first kappa shape index (κ1) is 17.7. The summed E-state index contributed by atoms with van der Waals surface area (Å²) in [6, 6.07) is 5.59. The van der Waals surface area contributed by atoms with Crippen LogP contribution in [0.25, 0.3) is 0 Å². The number of non-ortho nitro benzene ring substituents is 1. The third-order valence-corrected chi connectivity index (χ3v) is 3.50. The molecule has 0 spiro atoms. The maximum Gasteiger partial charge on any atom is 0.270 e. The molecule has 1 aromatic rings. The quantitative estimate of drug-likeness (QED) is 0.681. The minimum Gasteiger partial charge on any atom is -0.496 e. The van der Waals surface area contributed by atoms with E-state index in [2.05, 4.69) is 24.1 Å². The molecule has 21 heavy (non-hydrogen) atoms. The first-order valence-electron chi connectivity index (χ1n) is 6.79. The van der Waals surface area contributed by atoms with Gasteiger partial charge in [0.05, 0.1) is 12.0 Å². The van der Waals surface area contributed by atoms with Gasteiger partial charge >= 0.3 is 0 Å². The molecule has 0 bridgehead atoms. The number of methoxy groups -OCH3 is 1. The average molecular weight is 316 g/mol. The van der Waals surface area contributed by atoms with Gasteiger partial charge in [0.25, 0.3) is 5.69 Å². The van der Waals surface area contributed by atoms with Crippen molar-refractivity contribution >= 4 is 18.1 Å². The maximum atomic E-state index is 10.9. The molecule has 1 heterocycles. The van der Waals surface area contributed by atoms with E-state index in [1.54, 1.807) is 19.2 Å². The predicted octanol–water partition coefficient (Wildman–Crippen LogP) is 2.21. The number of piperazine rings is 1. The van der Waals surface area contributed by atoms with E-state index in [9.17, 15) is 10.1 Å². The minimum absolute atomic E-state index is 0. The standard InChI is InChI=1S/C14H21N3O3.ClH/c1-10-7-16(8-11(2)15-10)9-12-6-13(17(18)19)4-5-14(12)20-3;/h4-6,10-11,15H,7-9H2,1-3H3;1H. The lowest BCUT2D eigenvalue weighted by molar-refractivity contribution is -0.385. The number of nitro benzene ring substituents is 1. The third-order valence-electron chi connectivity index (χ3n) is 3.50. The van der Waals surface area contributed by atoms with Gasteiger partial charge in [-0.3, -0.25) is 15.0 Å². The molecule has 2 atom stereocenters. The number of nitrogens with one attached hydrogen (secondary N) is 1. The predicted molar refractivity (Wildman–Crippen MR) is 84.2 cm³/mol. The molecule has 0 saturated carbocycles. The monoisotopic (exact) mass is 315 g/mol. The van der Waals surface area contributed by atoms with Gasteiger partial charge in [-0.05, 0) is 19.9 Å². The first-order valence-corrected chi connectivity index (χ1v) is 6.79. The Morgan fingerprint density at radius 1 is 1.38 bits per heavy atom. The van der Waals surface area contributed by atoms with Crippen LogP contribution in [0.5, 0.6) is 5.75 Å². The van der Waals surface area contributed by atoms with Gasteiger partial charge in [0.15, 0.2) is 0 Å². The highest BCUT2D eigenvalue weighted by atomic mass is 35.5. The van der Waals surface area contributed by atoms with Crippen molar-refractivity contribution in [3.8, 4) is 5.75 Å². The molecule has 118 valence electrons. The molecule has 1 N–H and O–H groups in total. The second-order valence-corrected chi connectivity index (χ2v) is 5.42. The van der Waals surface area contributed by atoms with Crippen molar-refractivity contribution in [1.29, 1.82) is 0 Å². The fraction of sp³-hybridized carbons (Fsp3) is 0.571. The number of ether oxygens (including phenoxy) is 1. The molecule has 2 rings (SSSR count). The zero-order chi connectivity index (χ0) is 14.7. The minimum atomic E-state index is -0.369. The number of halogens is 1. The largest absolute Gasteiger partial charge is 0.496 e. The van der Waals surface area contributed by atoms with Crippen LogP contribution >= 0.6 is 12.4 Å². The van der Waals surface area contributed by atoms with Gasteiger partial charge < -0.3 is 10.1 Å². The van der Waals surface area contributed by atoms with E-state index in [1.165, 1.54) is 6.07 Å². The molecular formula is C14H22ClN3O3. The summed E-state index contributed by atoms with van der Waals surface area (Å²) in [5.41, 5.74) is 0.972. The number of benzene rings is 1. The number of nitrogens with zero attached hydrogens (tertiary/aromatic N) is 2. The van der Waals surface area contributed by atoms with Crippen LogP contribution in [-0.2, 0) is 6.54 Å². The van der Waals surface area contributed by atoms with Crippen LogP contribution in [0, 0.1) is 10.1 Å². The first-order chi connectivity index (χ1) is 9.49. The summed E-state index contributed by atoms with van der Waals surface area (Å²) in [5, 5.41) is 14.4. The lowest BCUT2D eigenvalue weighted by Crippen LogP contribution is -2.53. The fourth-order valence-corrected chi connectivity index (χ4v) is 2.81. The lowest BCUT2D eigenvalue weighted by Gasteiger charge is -2.36. The Labute approximate surface area is 131 Å². The summed E-state index contributed by atoms with van der Waals surface area (Å²) in [7, 11) is 1.59. The summed E-state index contributed by atoms with van der Waals surface area (Å²) < 4.78 is 5.31. The Hall–Kier alpha value is -1.37. The molecule has 0 aliphatic carbocycles. The molecule has 2 unspecified atom stereocenters. The fourth-order valence-electron chi connectivity index (χ4n) is 2.81. The Bertz CT molecular complexity index is 488. The van der Waals surface area contributed by atoms with Crippen molar-refractivity contribution < 1.29 is 9.66 Å². The second kappa shape index (κ2) is 7.59. The summed E-state index contributed by atoms with van der Waals surface area (Å²) in [4.78, 5) is 12.8. The van der Waals surface area contributed by atoms with Crippen LogP contribution in [0.2, 0.25) is 0 Å². The average Bonchev–Trinajstić information content (AvgIpc) is 2.37. The molecule has 0 radical (unpaired) electrons. The molecule has 1 saturated heterocycles. The molecule has 1 aliphatic heterocycles. The van der Waals surface area contributed by atoms with Crippen molar-refractivity contribution in [2.75, 3.05) is 20.2 Å². The highest BCUT2D eigenvalue weighted by Crippen LogP contribution is 2.25. The van der Waals surface area contributed by atoms with Crippen molar-refractivity contribution in [1.82, 2.24) is 10.2 Å². The Morgan fingerprint density at radius 3 is 2.52 bits per heavy atom. The van der Waals surface area contributed by atoms with Gasteiger partial charge in [-0.1, -0.05) is 0 Å². The third kappa shape index (κ3) is 4.56. The molecular weight excluding hydrogens is 294 g/mol. The van der Waals surface area contributed by atoms with E-state index in [1.807, 2.05) is 0 Å². The van der Waals surface area contributed by atoms with Crippen LogP contribution in [-0.4, -0.2) is 42.1 Å². The normalized spacial score (nSPS) is 22.4. The van der Waals surface area contributed by atoms with Crippen LogP contribution < -0.4 is 10.1 Å². The van der Waals surface area contributed by atoms with E-state index >= 15 is 0 Å². The Kier molecular flexibility index (Phi) is 6.39. The van der Waals surface area contributed by atoms with Gasteiger partial charge in [0, 0.05) is 49.4 Å². The second-order valence-electron chi connectivity index (χ2n) is 5.42. The summed E-state index contributed by atoms with van der Waals surface area (Å²) in [6.07, 6.45) is 0. The van der Waals surface area contributed by atoms with Gasteiger partial charge in [0.1, 0.15) is 5.75 Å². The number of nitro groups is 1. The summed E-state index contributed by atoms with van der Waals surface area (Å²) in [6.45, 7) is 6.81. The zero-order valence-corrected chi connectivity index (χ0v) is 13.4. The Balaban J connectivity index is 0.00000220. The molecule has 6 nitrogen and oxygen atoms in total. The molecule has 0 amide bonds. The molecule has 1 aliphatic rings. The van der Waals surface area contributed by atoms with Crippen molar-refractivity contribution in [2.45, 2.75) is 32.5 Å². The van der Waals surface area contributed by atoms with Crippen LogP contribution in [0.15, 0.2) is 18.2 Å². The van der Waals surface area contributed by atoms with Crippen molar-refractivity contribution in [2.24, 2.45) is 0 Å². The molecule has 1 aromatic carbocycles. The highest BCUT2D eigenvalue weighted by Gasteiger charge is 2.22.